The number of aliphatic hydroxyl groups excluding tert-OH is 1. The molecule has 1 aromatic rings. The van der Waals surface area contributed by atoms with E-state index in [9.17, 15) is 9.90 Å². The first-order valence-corrected chi connectivity index (χ1v) is 8.84. The molecule has 0 aromatic heterocycles. The Kier molecular flexibility index (Phi) is 6.07. The molecular formula is C18H27N3O3. The third kappa shape index (κ3) is 4.93. The Labute approximate surface area is 143 Å². The van der Waals surface area contributed by atoms with Gasteiger partial charge in [0.1, 0.15) is 0 Å². The topological polar surface area (TPSA) is 65.0 Å². The Balaban J connectivity index is 1.44. The zero-order valence-electron chi connectivity index (χ0n) is 14.1. The molecule has 3 rings (SSSR count). The average Bonchev–Trinajstić information content (AvgIpc) is 2.61. The lowest BCUT2D eigenvalue weighted by molar-refractivity contribution is -0.116. The number of morpholine rings is 1. The molecule has 6 heteroatoms. The van der Waals surface area contributed by atoms with Gasteiger partial charge in [-0.1, -0.05) is 0 Å². The maximum absolute atomic E-state index is 12.1. The van der Waals surface area contributed by atoms with Crippen LogP contribution in [-0.2, 0) is 9.53 Å². The van der Waals surface area contributed by atoms with Gasteiger partial charge in [-0.2, -0.15) is 0 Å². The average molecular weight is 333 g/mol. The highest BCUT2D eigenvalue weighted by atomic mass is 16.5. The second-order valence-corrected chi connectivity index (χ2v) is 6.54. The molecule has 2 N–H and O–H groups in total. The van der Waals surface area contributed by atoms with Gasteiger partial charge < -0.3 is 25.0 Å². The number of likely N-dealkylation sites (tertiary alicyclic amines) is 1. The monoisotopic (exact) mass is 333 g/mol. The summed E-state index contributed by atoms with van der Waals surface area (Å²) in [6, 6.07) is 7.99. The summed E-state index contributed by atoms with van der Waals surface area (Å²) in [5.41, 5.74) is 1.99. The normalized spacial score (nSPS) is 22.4. The molecule has 2 heterocycles. The summed E-state index contributed by atoms with van der Waals surface area (Å²) < 4.78 is 5.36. The number of β-amino-alcohol motifs (C(OH)–C–C–N with tert-alkyl or cyclic N) is 1. The highest BCUT2D eigenvalue weighted by Gasteiger charge is 2.18. The number of carbonyl (C=O) groups excluding carboxylic acids is 1. The number of hydrogen-bond acceptors (Lipinski definition) is 5. The zero-order chi connectivity index (χ0) is 16.8. The van der Waals surface area contributed by atoms with E-state index in [4.69, 9.17) is 4.74 Å². The Morgan fingerprint density at radius 2 is 1.96 bits per heavy atom. The number of anilines is 2. The fraction of sp³-hybridized carbons (Fsp3) is 0.611. The molecule has 132 valence electrons. The van der Waals surface area contributed by atoms with E-state index in [-0.39, 0.29) is 12.0 Å². The Hall–Kier alpha value is -1.63. The summed E-state index contributed by atoms with van der Waals surface area (Å²) in [7, 11) is 0. The van der Waals surface area contributed by atoms with E-state index in [0.717, 1.165) is 51.4 Å². The predicted molar refractivity (Wildman–Crippen MR) is 94.4 cm³/mol. The first-order valence-electron chi connectivity index (χ1n) is 8.84. The van der Waals surface area contributed by atoms with Crippen LogP contribution in [0, 0.1) is 0 Å². The molecule has 2 saturated heterocycles. The smallest absolute Gasteiger partial charge is 0.225 e. The summed E-state index contributed by atoms with van der Waals surface area (Å²) >= 11 is 0. The number of hydrogen-bond donors (Lipinski definition) is 2. The van der Waals surface area contributed by atoms with Gasteiger partial charge in [0.15, 0.2) is 0 Å². The van der Waals surface area contributed by atoms with Crippen LogP contribution in [0.3, 0.4) is 0 Å². The van der Waals surface area contributed by atoms with Gasteiger partial charge in [0.2, 0.25) is 5.91 Å². The summed E-state index contributed by atoms with van der Waals surface area (Å²) in [6.07, 6.45) is 2.09. The van der Waals surface area contributed by atoms with Crippen molar-refractivity contribution in [1.82, 2.24) is 4.90 Å². The number of ether oxygens (including phenoxy) is 1. The van der Waals surface area contributed by atoms with Gasteiger partial charge in [-0.3, -0.25) is 4.79 Å². The lowest BCUT2D eigenvalue weighted by Gasteiger charge is -2.29. The number of benzene rings is 1. The molecule has 0 aliphatic carbocycles. The summed E-state index contributed by atoms with van der Waals surface area (Å²) in [6.45, 7) is 5.71. The number of amides is 1. The minimum atomic E-state index is -0.241. The second-order valence-electron chi connectivity index (χ2n) is 6.54. The summed E-state index contributed by atoms with van der Waals surface area (Å²) in [5, 5.41) is 12.6. The van der Waals surface area contributed by atoms with Crippen LogP contribution in [0.15, 0.2) is 24.3 Å². The van der Waals surface area contributed by atoms with Crippen LogP contribution in [0.1, 0.15) is 19.3 Å². The molecule has 1 amide bonds. The first-order chi connectivity index (χ1) is 11.7. The summed E-state index contributed by atoms with van der Waals surface area (Å²) in [4.78, 5) is 16.5. The van der Waals surface area contributed by atoms with Gasteiger partial charge >= 0.3 is 0 Å². The van der Waals surface area contributed by atoms with E-state index in [2.05, 4.69) is 15.1 Å². The molecule has 1 atom stereocenters. The van der Waals surface area contributed by atoms with Crippen molar-refractivity contribution in [3.63, 3.8) is 0 Å². The van der Waals surface area contributed by atoms with Crippen LogP contribution in [-0.4, -0.2) is 68.0 Å². The number of piperidine rings is 1. The van der Waals surface area contributed by atoms with Gasteiger partial charge in [0.05, 0.1) is 19.3 Å². The third-order valence-corrected chi connectivity index (χ3v) is 4.66. The molecule has 0 unspecified atom stereocenters. The lowest BCUT2D eigenvalue weighted by Crippen LogP contribution is -2.39. The van der Waals surface area contributed by atoms with Gasteiger partial charge in [0.25, 0.3) is 0 Å². The van der Waals surface area contributed by atoms with Crippen molar-refractivity contribution in [3.05, 3.63) is 24.3 Å². The quantitative estimate of drug-likeness (QED) is 0.850. The molecule has 1 aromatic carbocycles. The Morgan fingerprint density at radius 1 is 1.21 bits per heavy atom. The van der Waals surface area contributed by atoms with E-state index in [0.29, 0.717) is 19.5 Å². The summed E-state index contributed by atoms with van der Waals surface area (Å²) in [5.74, 6) is 0.0224. The third-order valence-electron chi connectivity index (χ3n) is 4.66. The van der Waals surface area contributed by atoms with Crippen LogP contribution in [0.5, 0.6) is 0 Å². The van der Waals surface area contributed by atoms with Crippen molar-refractivity contribution in [2.24, 2.45) is 0 Å². The largest absolute Gasteiger partial charge is 0.392 e. The van der Waals surface area contributed by atoms with Gasteiger partial charge in [-0.15, -0.1) is 0 Å². The lowest BCUT2D eigenvalue weighted by atomic mass is 10.1. The molecule has 2 aliphatic heterocycles. The van der Waals surface area contributed by atoms with E-state index >= 15 is 0 Å². The fourth-order valence-corrected chi connectivity index (χ4v) is 3.29. The molecule has 6 nitrogen and oxygen atoms in total. The maximum Gasteiger partial charge on any atom is 0.225 e. The number of rotatable bonds is 5. The predicted octanol–water partition coefficient (Wildman–Crippen LogP) is 1.31. The standard InChI is InChI=1S/C18H27N3O3/c22-17-2-1-8-20(14-17)9-7-18(23)19-15-3-5-16(6-4-15)21-10-12-24-13-11-21/h3-6,17,22H,1-2,7-14H2,(H,19,23)/t17-/m0/s1. The van der Waals surface area contributed by atoms with E-state index in [1.54, 1.807) is 0 Å². The first kappa shape index (κ1) is 17.2. The molecule has 0 radical (unpaired) electrons. The van der Waals surface area contributed by atoms with E-state index in [1.807, 2.05) is 24.3 Å². The number of nitrogens with one attached hydrogen (secondary N) is 1. The minimum absolute atomic E-state index is 0.0224. The van der Waals surface area contributed by atoms with Gasteiger partial charge in [-0.05, 0) is 43.7 Å². The van der Waals surface area contributed by atoms with Crippen LogP contribution < -0.4 is 10.2 Å². The van der Waals surface area contributed by atoms with Crippen molar-refractivity contribution in [3.8, 4) is 0 Å². The highest BCUT2D eigenvalue weighted by molar-refractivity contribution is 5.91. The number of nitrogens with zero attached hydrogens (tertiary/aromatic N) is 2. The van der Waals surface area contributed by atoms with Crippen LogP contribution >= 0.6 is 0 Å². The molecule has 0 bridgehead atoms. The van der Waals surface area contributed by atoms with Gasteiger partial charge in [-0.25, -0.2) is 0 Å². The molecular weight excluding hydrogens is 306 g/mol. The van der Waals surface area contributed by atoms with Crippen molar-refractivity contribution < 1.29 is 14.6 Å². The SMILES string of the molecule is O=C(CCN1CCC[C@H](O)C1)Nc1ccc(N2CCOCC2)cc1. The van der Waals surface area contributed by atoms with Crippen molar-refractivity contribution in [2.45, 2.75) is 25.4 Å². The van der Waals surface area contributed by atoms with E-state index < -0.39 is 0 Å². The van der Waals surface area contributed by atoms with Gasteiger partial charge in [0, 0.05) is 44.0 Å². The minimum Gasteiger partial charge on any atom is -0.392 e. The van der Waals surface area contributed by atoms with Crippen molar-refractivity contribution in [1.29, 1.82) is 0 Å². The number of aliphatic hydroxyl groups is 1. The van der Waals surface area contributed by atoms with E-state index in [1.165, 1.54) is 5.69 Å². The molecule has 2 fully saturated rings. The Morgan fingerprint density at radius 3 is 2.67 bits per heavy atom. The molecule has 24 heavy (non-hydrogen) atoms. The zero-order valence-corrected chi connectivity index (χ0v) is 14.1. The number of carbonyl (C=O) groups is 1. The second kappa shape index (κ2) is 8.46. The van der Waals surface area contributed by atoms with Crippen molar-refractivity contribution in [2.75, 3.05) is 56.2 Å². The molecule has 2 aliphatic rings. The van der Waals surface area contributed by atoms with Crippen LogP contribution in [0.2, 0.25) is 0 Å². The Bertz CT molecular complexity index is 529. The fourth-order valence-electron chi connectivity index (χ4n) is 3.29. The maximum atomic E-state index is 12.1. The molecule has 0 saturated carbocycles. The highest BCUT2D eigenvalue weighted by Crippen LogP contribution is 2.19. The van der Waals surface area contributed by atoms with Crippen LogP contribution in [0.4, 0.5) is 11.4 Å². The molecule has 0 spiro atoms. The van der Waals surface area contributed by atoms with Crippen LogP contribution in [0.25, 0.3) is 0 Å². The van der Waals surface area contributed by atoms with Crippen molar-refractivity contribution >= 4 is 17.3 Å².